The van der Waals surface area contributed by atoms with Crippen molar-refractivity contribution < 1.29 is 0 Å². The molecule has 0 fully saturated rings. The molecule has 1 aromatic rings. The Morgan fingerprint density at radius 3 is 2.85 bits per heavy atom. The van der Waals surface area contributed by atoms with Crippen LogP contribution in [0.1, 0.15) is 20.3 Å². The van der Waals surface area contributed by atoms with Gasteiger partial charge >= 0.3 is 0 Å². The third kappa shape index (κ3) is 3.73. The van der Waals surface area contributed by atoms with E-state index in [9.17, 15) is 0 Å². The van der Waals surface area contributed by atoms with E-state index in [4.69, 9.17) is 5.73 Å². The number of hydrogen-bond acceptors (Lipinski definition) is 4. The molecule has 0 aliphatic rings. The van der Waals surface area contributed by atoms with Gasteiger partial charge < -0.3 is 11.1 Å². The van der Waals surface area contributed by atoms with E-state index < -0.39 is 0 Å². The van der Waals surface area contributed by atoms with Crippen LogP contribution in [0.5, 0.6) is 0 Å². The molecule has 0 aliphatic heterocycles. The van der Waals surface area contributed by atoms with E-state index >= 15 is 0 Å². The molecule has 0 unspecified atom stereocenters. The lowest BCUT2D eigenvalue weighted by molar-refractivity contribution is 0.606. The number of nitrogens with two attached hydrogens (primary N) is 1. The summed E-state index contributed by atoms with van der Waals surface area (Å²) in [5.41, 5.74) is 5.48. The smallest absolute Gasteiger partial charge is 0.146 e. The van der Waals surface area contributed by atoms with Gasteiger partial charge in [0.05, 0.1) is 12.4 Å². The van der Waals surface area contributed by atoms with E-state index in [0.29, 0.717) is 11.7 Å². The quantitative estimate of drug-likeness (QED) is 0.737. The minimum absolute atomic E-state index is 0.453. The number of nitrogens with one attached hydrogen (secondary N) is 1. The van der Waals surface area contributed by atoms with E-state index in [1.54, 1.807) is 6.20 Å². The largest absolute Gasteiger partial charge is 0.382 e. The number of hydrogen-bond donors (Lipinski definition) is 2. The van der Waals surface area contributed by atoms with Crippen molar-refractivity contribution in [3.8, 4) is 0 Å². The normalized spacial score (nSPS) is 10.4. The maximum Gasteiger partial charge on any atom is 0.146 e. The molecule has 1 rings (SSSR count). The molecule has 0 amide bonds. The maximum absolute atomic E-state index is 5.48. The van der Waals surface area contributed by atoms with Crippen LogP contribution in [0.2, 0.25) is 0 Å². The fourth-order valence-corrected chi connectivity index (χ4v) is 0.955. The molecule has 0 atom stereocenters. The summed E-state index contributed by atoms with van der Waals surface area (Å²) in [5.74, 6) is 1.90. The molecule has 0 aromatic carbocycles. The molecule has 0 radical (unpaired) electrons. The van der Waals surface area contributed by atoms with Gasteiger partial charge in [0.25, 0.3) is 0 Å². The standard InChI is InChI=1S/C9H16N4/c1-7(2)3-4-12-9-6-11-5-8(10)13-9/h5-7H,3-4H2,1-2H3,(H3,10,12,13). The van der Waals surface area contributed by atoms with Crippen LogP contribution < -0.4 is 11.1 Å². The Hall–Kier alpha value is -1.32. The summed E-state index contributed by atoms with van der Waals surface area (Å²) in [5, 5.41) is 3.16. The summed E-state index contributed by atoms with van der Waals surface area (Å²) in [6, 6.07) is 0. The van der Waals surface area contributed by atoms with E-state index in [-0.39, 0.29) is 0 Å². The Bertz CT molecular complexity index is 260. The molecule has 0 saturated carbocycles. The summed E-state index contributed by atoms with van der Waals surface area (Å²) in [6.07, 6.45) is 4.33. The van der Waals surface area contributed by atoms with Crippen LogP contribution in [0.3, 0.4) is 0 Å². The summed E-state index contributed by atoms with van der Waals surface area (Å²) < 4.78 is 0. The van der Waals surface area contributed by atoms with Gasteiger partial charge in [-0.15, -0.1) is 0 Å². The second-order valence-electron chi connectivity index (χ2n) is 3.44. The molecule has 0 spiro atoms. The van der Waals surface area contributed by atoms with Gasteiger partial charge in [-0.25, -0.2) is 4.98 Å². The van der Waals surface area contributed by atoms with Crippen molar-refractivity contribution >= 4 is 11.6 Å². The SMILES string of the molecule is CC(C)CCNc1cncc(N)n1. The van der Waals surface area contributed by atoms with Crippen molar-refractivity contribution in [1.29, 1.82) is 0 Å². The predicted octanol–water partition coefficient (Wildman–Crippen LogP) is 1.52. The monoisotopic (exact) mass is 180 g/mol. The summed E-state index contributed by atoms with van der Waals surface area (Å²) in [6.45, 7) is 5.29. The van der Waals surface area contributed by atoms with Crippen molar-refractivity contribution in [3.63, 3.8) is 0 Å². The maximum atomic E-state index is 5.48. The fourth-order valence-electron chi connectivity index (χ4n) is 0.955. The number of rotatable bonds is 4. The van der Waals surface area contributed by atoms with Crippen LogP contribution in [-0.2, 0) is 0 Å². The van der Waals surface area contributed by atoms with Crippen LogP contribution in [0, 0.1) is 5.92 Å². The third-order valence-electron chi connectivity index (χ3n) is 1.68. The molecule has 0 bridgehead atoms. The second-order valence-corrected chi connectivity index (χ2v) is 3.44. The Labute approximate surface area is 78.6 Å². The van der Waals surface area contributed by atoms with Gasteiger partial charge in [0.2, 0.25) is 0 Å². The van der Waals surface area contributed by atoms with Gasteiger partial charge in [-0.2, -0.15) is 0 Å². The van der Waals surface area contributed by atoms with E-state index in [1.807, 2.05) is 0 Å². The zero-order valence-corrected chi connectivity index (χ0v) is 8.12. The molecular formula is C9H16N4. The number of anilines is 2. The number of nitrogens with zero attached hydrogens (tertiary/aromatic N) is 2. The first-order valence-corrected chi connectivity index (χ1v) is 4.50. The van der Waals surface area contributed by atoms with Gasteiger partial charge in [-0.1, -0.05) is 13.8 Å². The van der Waals surface area contributed by atoms with Gasteiger partial charge in [-0.3, -0.25) is 4.98 Å². The Morgan fingerprint density at radius 1 is 1.46 bits per heavy atom. The van der Waals surface area contributed by atoms with E-state index in [2.05, 4.69) is 29.1 Å². The number of aromatic nitrogens is 2. The zero-order valence-electron chi connectivity index (χ0n) is 8.12. The fraction of sp³-hybridized carbons (Fsp3) is 0.556. The highest BCUT2D eigenvalue weighted by Gasteiger charge is 1.96. The molecule has 1 aromatic heterocycles. The first kappa shape index (κ1) is 9.77. The van der Waals surface area contributed by atoms with Crippen molar-refractivity contribution in [2.45, 2.75) is 20.3 Å². The van der Waals surface area contributed by atoms with E-state index in [1.165, 1.54) is 6.20 Å². The van der Waals surface area contributed by atoms with Crippen molar-refractivity contribution in [2.24, 2.45) is 5.92 Å². The first-order chi connectivity index (χ1) is 6.18. The highest BCUT2D eigenvalue weighted by molar-refractivity contribution is 5.38. The summed E-state index contributed by atoms with van der Waals surface area (Å²) in [7, 11) is 0. The van der Waals surface area contributed by atoms with Crippen LogP contribution in [0.25, 0.3) is 0 Å². The zero-order chi connectivity index (χ0) is 9.68. The van der Waals surface area contributed by atoms with E-state index in [0.717, 1.165) is 18.8 Å². The lowest BCUT2D eigenvalue weighted by Crippen LogP contribution is -2.07. The Kier molecular flexibility index (Phi) is 3.49. The topological polar surface area (TPSA) is 63.8 Å². The van der Waals surface area contributed by atoms with Crippen LogP contribution in [0.4, 0.5) is 11.6 Å². The van der Waals surface area contributed by atoms with Gasteiger partial charge in [0.1, 0.15) is 11.6 Å². The molecule has 1 heterocycles. The highest BCUT2D eigenvalue weighted by atomic mass is 15.0. The van der Waals surface area contributed by atoms with Crippen molar-refractivity contribution in [2.75, 3.05) is 17.6 Å². The lowest BCUT2D eigenvalue weighted by Gasteiger charge is -2.06. The molecule has 4 nitrogen and oxygen atoms in total. The minimum Gasteiger partial charge on any atom is -0.382 e. The van der Waals surface area contributed by atoms with Crippen LogP contribution in [-0.4, -0.2) is 16.5 Å². The molecule has 0 aliphatic carbocycles. The number of nitrogen functional groups attached to an aromatic ring is 1. The summed E-state index contributed by atoms with van der Waals surface area (Å²) in [4.78, 5) is 8.01. The average Bonchev–Trinajstić information content (AvgIpc) is 2.03. The first-order valence-electron chi connectivity index (χ1n) is 4.50. The average molecular weight is 180 g/mol. The highest BCUT2D eigenvalue weighted by Crippen LogP contribution is 2.04. The van der Waals surface area contributed by atoms with Crippen molar-refractivity contribution in [3.05, 3.63) is 12.4 Å². The minimum atomic E-state index is 0.453. The molecular weight excluding hydrogens is 164 g/mol. The van der Waals surface area contributed by atoms with Crippen LogP contribution >= 0.6 is 0 Å². The predicted molar refractivity (Wildman–Crippen MR) is 54.4 cm³/mol. The Balaban J connectivity index is 2.37. The summed E-state index contributed by atoms with van der Waals surface area (Å²) >= 11 is 0. The second kappa shape index (κ2) is 4.64. The molecule has 0 saturated heterocycles. The Morgan fingerprint density at radius 2 is 2.23 bits per heavy atom. The molecule has 13 heavy (non-hydrogen) atoms. The lowest BCUT2D eigenvalue weighted by atomic mass is 10.1. The van der Waals surface area contributed by atoms with Gasteiger partial charge in [-0.05, 0) is 12.3 Å². The molecule has 72 valence electrons. The van der Waals surface area contributed by atoms with Gasteiger partial charge in [0.15, 0.2) is 0 Å². The van der Waals surface area contributed by atoms with Gasteiger partial charge in [0, 0.05) is 6.54 Å². The van der Waals surface area contributed by atoms with Crippen LogP contribution in [0.15, 0.2) is 12.4 Å². The molecule has 4 heteroatoms. The molecule has 3 N–H and O–H groups in total. The third-order valence-corrected chi connectivity index (χ3v) is 1.68. The van der Waals surface area contributed by atoms with Crippen molar-refractivity contribution in [1.82, 2.24) is 9.97 Å².